The van der Waals surface area contributed by atoms with E-state index < -0.39 is 10.8 Å². The third-order valence-electron chi connectivity index (χ3n) is 2.70. The van der Waals surface area contributed by atoms with Gasteiger partial charge in [-0.3, -0.25) is 4.21 Å². The molecule has 2 aromatic rings. The molecule has 0 aromatic heterocycles. The average molecular weight is 314 g/mol. The van der Waals surface area contributed by atoms with Crippen LogP contribution in [0.3, 0.4) is 0 Å². The Hall–Kier alpha value is -1.03. The summed E-state index contributed by atoms with van der Waals surface area (Å²) in [7, 11) is -1.06. The first kappa shape index (κ1) is 14.4. The number of nitrogens with two attached hydrogens (primary N) is 1. The lowest BCUT2D eigenvalue weighted by Crippen LogP contribution is -2.02. The predicted molar refractivity (Wildman–Crippen MR) is 82.9 cm³/mol. The van der Waals surface area contributed by atoms with E-state index in [0.29, 0.717) is 27.2 Å². The molecule has 0 aliphatic carbocycles. The number of hydrogen-bond donors (Lipinski definition) is 1. The molecule has 0 amide bonds. The molecule has 19 heavy (non-hydrogen) atoms. The summed E-state index contributed by atoms with van der Waals surface area (Å²) in [6.45, 7) is 0. The number of anilines is 1. The minimum Gasteiger partial charge on any atom is -0.398 e. The van der Waals surface area contributed by atoms with Gasteiger partial charge in [0, 0.05) is 26.5 Å². The molecule has 2 aromatic carbocycles. The van der Waals surface area contributed by atoms with Gasteiger partial charge in [-0.05, 0) is 29.3 Å². The summed E-state index contributed by atoms with van der Waals surface area (Å²) in [4.78, 5) is 0. The van der Waals surface area contributed by atoms with Crippen LogP contribution in [-0.4, -0.2) is 4.21 Å². The largest absolute Gasteiger partial charge is 0.398 e. The van der Waals surface area contributed by atoms with Crippen LogP contribution in [0.4, 0.5) is 5.69 Å². The smallest absolute Gasteiger partial charge is 0.0509 e. The lowest BCUT2D eigenvalue weighted by molar-refractivity contribution is 0.682. The summed E-state index contributed by atoms with van der Waals surface area (Å²) in [6.07, 6.45) is 0. The van der Waals surface area contributed by atoms with Crippen molar-refractivity contribution in [2.75, 3.05) is 5.73 Å². The zero-order valence-electron chi connectivity index (χ0n) is 10.1. The lowest BCUT2D eigenvalue weighted by Gasteiger charge is -2.07. The van der Waals surface area contributed by atoms with Gasteiger partial charge in [-0.25, -0.2) is 0 Å². The SMILES string of the molecule is Nc1cc(Cl)ccc1CS(=O)Cc1ccccc1Cl. The van der Waals surface area contributed by atoms with Crippen LogP contribution >= 0.6 is 23.2 Å². The molecular weight excluding hydrogens is 301 g/mol. The van der Waals surface area contributed by atoms with Crippen molar-refractivity contribution in [3.63, 3.8) is 0 Å². The molecule has 1 unspecified atom stereocenters. The zero-order chi connectivity index (χ0) is 13.8. The molecule has 0 saturated heterocycles. The van der Waals surface area contributed by atoms with E-state index in [1.54, 1.807) is 18.2 Å². The summed E-state index contributed by atoms with van der Waals surface area (Å²) >= 11 is 11.9. The fourth-order valence-corrected chi connectivity index (χ4v) is 3.48. The Morgan fingerprint density at radius 2 is 1.68 bits per heavy atom. The Morgan fingerprint density at radius 1 is 1.00 bits per heavy atom. The molecular formula is C14H13Cl2NOS. The Kier molecular flexibility index (Phi) is 4.86. The average Bonchev–Trinajstić information content (AvgIpc) is 2.36. The van der Waals surface area contributed by atoms with Crippen LogP contribution in [-0.2, 0) is 22.3 Å². The fourth-order valence-electron chi connectivity index (χ4n) is 1.71. The molecule has 2 rings (SSSR count). The van der Waals surface area contributed by atoms with Crippen molar-refractivity contribution < 1.29 is 4.21 Å². The Labute approximate surface area is 125 Å². The molecule has 0 aliphatic heterocycles. The second-order valence-electron chi connectivity index (χ2n) is 4.16. The predicted octanol–water partition coefficient (Wildman–Crippen LogP) is 4.02. The molecule has 2 nitrogen and oxygen atoms in total. The molecule has 1 atom stereocenters. The quantitative estimate of drug-likeness (QED) is 0.866. The highest BCUT2D eigenvalue weighted by Gasteiger charge is 2.08. The van der Waals surface area contributed by atoms with Gasteiger partial charge in [0.05, 0.1) is 11.5 Å². The van der Waals surface area contributed by atoms with Crippen LogP contribution in [0, 0.1) is 0 Å². The Bertz CT molecular complexity index is 616. The summed E-state index contributed by atoms with van der Waals surface area (Å²) in [6, 6.07) is 12.6. The van der Waals surface area contributed by atoms with Gasteiger partial charge in [-0.15, -0.1) is 0 Å². The normalized spacial score (nSPS) is 12.3. The van der Waals surface area contributed by atoms with E-state index in [2.05, 4.69) is 0 Å². The van der Waals surface area contributed by atoms with Gasteiger partial charge < -0.3 is 5.73 Å². The third-order valence-corrected chi connectivity index (χ3v) is 4.57. The minimum absolute atomic E-state index is 0.397. The molecule has 0 radical (unpaired) electrons. The van der Waals surface area contributed by atoms with E-state index in [1.807, 2.05) is 24.3 Å². The minimum atomic E-state index is -1.06. The second-order valence-corrected chi connectivity index (χ2v) is 6.46. The van der Waals surface area contributed by atoms with Gasteiger partial charge in [0.2, 0.25) is 0 Å². The molecule has 0 saturated carbocycles. The highest BCUT2D eigenvalue weighted by Crippen LogP contribution is 2.22. The van der Waals surface area contributed by atoms with Crippen LogP contribution in [0.15, 0.2) is 42.5 Å². The van der Waals surface area contributed by atoms with Gasteiger partial charge in [0.1, 0.15) is 0 Å². The summed E-state index contributed by atoms with van der Waals surface area (Å²) in [5.41, 5.74) is 8.14. The highest BCUT2D eigenvalue weighted by atomic mass is 35.5. The molecule has 0 bridgehead atoms. The van der Waals surface area contributed by atoms with Crippen molar-refractivity contribution in [1.82, 2.24) is 0 Å². The van der Waals surface area contributed by atoms with Gasteiger partial charge in [-0.1, -0.05) is 47.5 Å². The molecule has 100 valence electrons. The number of nitrogen functional groups attached to an aromatic ring is 1. The van der Waals surface area contributed by atoms with Crippen molar-refractivity contribution in [2.45, 2.75) is 11.5 Å². The van der Waals surface area contributed by atoms with Crippen LogP contribution in [0.25, 0.3) is 0 Å². The number of halogens is 2. The van der Waals surface area contributed by atoms with Crippen LogP contribution in [0.2, 0.25) is 10.0 Å². The van der Waals surface area contributed by atoms with Gasteiger partial charge in [-0.2, -0.15) is 0 Å². The molecule has 2 N–H and O–H groups in total. The van der Waals surface area contributed by atoms with Crippen molar-refractivity contribution >= 4 is 39.7 Å². The Morgan fingerprint density at radius 3 is 2.37 bits per heavy atom. The van der Waals surface area contributed by atoms with Crippen LogP contribution in [0.1, 0.15) is 11.1 Å². The van der Waals surface area contributed by atoms with Crippen molar-refractivity contribution in [3.05, 3.63) is 63.6 Å². The molecule has 0 spiro atoms. The first-order valence-electron chi connectivity index (χ1n) is 5.68. The van der Waals surface area contributed by atoms with Crippen LogP contribution < -0.4 is 5.73 Å². The van der Waals surface area contributed by atoms with E-state index in [1.165, 1.54) is 0 Å². The van der Waals surface area contributed by atoms with E-state index in [-0.39, 0.29) is 0 Å². The lowest BCUT2D eigenvalue weighted by atomic mass is 10.2. The van der Waals surface area contributed by atoms with Crippen molar-refractivity contribution in [1.29, 1.82) is 0 Å². The summed E-state index contributed by atoms with van der Waals surface area (Å²) < 4.78 is 12.1. The van der Waals surface area contributed by atoms with E-state index in [0.717, 1.165) is 11.1 Å². The molecule has 5 heteroatoms. The maximum absolute atomic E-state index is 12.1. The van der Waals surface area contributed by atoms with Crippen LogP contribution in [0.5, 0.6) is 0 Å². The standard InChI is InChI=1S/C14H13Cl2NOS/c15-12-6-5-11(14(17)7-12)9-19(18)8-10-3-1-2-4-13(10)16/h1-7H,8-9,17H2. The summed E-state index contributed by atoms with van der Waals surface area (Å²) in [5, 5.41) is 1.22. The van der Waals surface area contributed by atoms with E-state index in [9.17, 15) is 4.21 Å². The second kappa shape index (κ2) is 6.42. The molecule has 0 heterocycles. The highest BCUT2D eigenvalue weighted by molar-refractivity contribution is 7.83. The van der Waals surface area contributed by atoms with Gasteiger partial charge in [0.15, 0.2) is 0 Å². The first-order valence-corrected chi connectivity index (χ1v) is 7.93. The molecule has 0 aliphatic rings. The van der Waals surface area contributed by atoms with Gasteiger partial charge >= 0.3 is 0 Å². The van der Waals surface area contributed by atoms with Crippen molar-refractivity contribution in [3.8, 4) is 0 Å². The maximum atomic E-state index is 12.1. The zero-order valence-corrected chi connectivity index (χ0v) is 12.4. The number of benzene rings is 2. The number of hydrogen-bond acceptors (Lipinski definition) is 2. The Balaban J connectivity index is 2.08. The maximum Gasteiger partial charge on any atom is 0.0509 e. The number of rotatable bonds is 4. The van der Waals surface area contributed by atoms with E-state index in [4.69, 9.17) is 28.9 Å². The van der Waals surface area contributed by atoms with Crippen molar-refractivity contribution in [2.24, 2.45) is 0 Å². The fraction of sp³-hybridized carbons (Fsp3) is 0.143. The third kappa shape index (κ3) is 3.96. The van der Waals surface area contributed by atoms with Gasteiger partial charge in [0.25, 0.3) is 0 Å². The topological polar surface area (TPSA) is 43.1 Å². The first-order chi connectivity index (χ1) is 9.06. The van der Waals surface area contributed by atoms with E-state index >= 15 is 0 Å². The monoisotopic (exact) mass is 313 g/mol. The summed E-state index contributed by atoms with van der Waals surface area (Å²) in [5.74, 6) is 0.815. The molecule has 0 fully saturated rings.